The van der Waals surface area contributed by atoms with E-state index in [1.807, 2.05) is 12.1 Å². The molecule has 0 atom stereocenters. The average molecular weight is 366 g/mol. The van der Waals surface area contributed by atoms with Gasteiger partial charge in [-0.15, -0.1) is 0 Å². The van der Waals surface area contributed by atoms with Crippen LogP contribution in [-0.4, -0.2) is 25.5 Å². The second-order valence-electron chi connectivity index (χ2n) is 6.90. The molecule has 0 aromatic heterocycles. The van der Waals surface area contributed by atoms with Gasteiger partial charge in [-0.2, -0.15) is 0 Å². The number of hydrogen-bond acceptors (Lipinski definition) is 3. The summed E-state index contributed by atoms with van der Waals surface area (Å²) in [4.78, 5) is 23.6. The fraction of sp³-hybridized carbons (Fsp3) is 0.364. The lowest BCUT2D eigenvalue weighted by molar-refractivity contribution is -0.118. The van der Waals surface area contributed by atoms with Crippen molar-refractivity contribution in [2.75, 3.05) is 19.0 Å². The van der Waals surface area contributed by atoms with Crippen molar-refractivity contribution in [2.24, 2.45) is 0 Å². The van der Waals surface area contributed by atoms with Crippen molar-refractivity contribution in [1.29, 1.82) is 0 Å². The van der Waals surface area contributed by atoms with Crippen molar-refractivity contribution in [3.05, 3.63) is 59.7 Å². The van der Waals surface area contributed by atoms with Gasteiger partial charge in [-0.3, -0.25) is 9.59 Å². The van der Waals surface area contributed by atoms with Crippen LogP contribution >= 0.6 is 0 Å². The summed E-state index contributed by atoms with van der Waals surface area (Å²) >= 11 is 0. The number of carbonyl (C=O) groups excluding carboxylic acids is 2. The van der Waals surface area contributed by atoms with E-state index in [9.17, 15) is 9.59 Å². The molecule has 0 aliphatic heterocycles. The van der Waals surface area contributed by atoms with Crippen molar-refractivity contribution in [1.82, 2.24) is 5.32 Å². The Balaban J connectivity index is 1.48. The van der Waals surface area contributed by atoms with Gasteiger partial charge < -0.3 is 15.4 Å². The van der Waals surface area contributed by atoms with Crippen LogP contribution in [0.1, 0.15) is 53.9 Å². The van der Waals surface area contributed by atoms with E-state index in [2.05, 4.69) is 22.8 Å². The van der Waals surface area contributed by atoms with Crippen LogP contribution in [-0.2, 0) is 4.79 Å². The number of amides is 2. The minimum Gasteiger partial charge on any atom is -0.484 e. The van der Waals surface area contributed by atoms with Gasteiger partial charge in [0.2, 0.25) is 0 Å². The Bertz CT molecular complexity index is 763. The molecule has 2 amide bonds. The topological polar surface area (TPSA) is 67.4 Å². The molecule has 0 spiro atoms. The summed E-state index contributed by atoms with van der Waals surface area (Å²) in [5.74, 6) is 0.959. The standard InChI is InChI=1S/C22H26N2O3/c1-23-22(26)18-7-11-19(12-8-18)24-21(25)15-27-20-13-9-17(10-14-20)16-5-3-2-4-6-16/h7-14,16H,2-6,15H2,1H3,(H,23,26)(H,24,25). The first-order valence-electron chi connectivity index (χ1n) is 9.50. The van der Waals surface area contributed by atoms with E-state index in [0.717, 1.165) is 0 Å². The van der Waals surface area contributed by atoms with E-state index < -0.39 is 0 Å². The van der Waals surface area contributed by atoms with Gasteiger partial charge in [0.25, 0.3) is 11.8 Å². The Kier molecular flexibility index (Phi) is 6.47. The lowest BCUT2D eigenvalue weighted by Crippen LogP contribution is -2.20. The van der Waals surface area contributed by atoms with Gasteiger partial charge in [-0.1, -0.05) is 31.4 Å². The Labute approximate surface area is 160 Å². The van der Waals surface area contributed by atoms with Crippen LogP contribution in [0.5, 0.6) is 5.75 Å². The lowest BCUT2D eigenvalue weighted by Gasteiger charge is -2.22. The molecule has 0 bridgehead atoms. The molecule has 1 saturated carbocycles. The van der Waals surface area contributed by atoms with E-state index >= 15 is 0 Å². The van der Waals surface area contributed by atoms with Gasteiger partial charge in [-0.05, 0) is 60.7 Å². The number of ether oxygens (including phenoxy) is 1. The lowest BCUT2D eigenvalue weighted by atomic mass is 9.84. The summed E-state index contributed by atoms with van der Waals surface area (Å²) < 4.78 is 5.59. The summed E-state index contributed by atoms with van der Waals surface area (Å²) in [6.45, 7) is -0.0556. The quantitative estimate of drug-likeness (QED) is 0.808. The van der Waals surface area contributed by atoms with Crippen LogP contribution in [0.3, 0.4) is 0 Å². The fourth-order valence-electron chi connectivity index (χ4n) is 3.47. The third kappa shape index (κ3) is 5.33. The smallest absolute Gasteiger partial charge is 0.262 e. The van der Waals surface area contributed by atoms with Gasteiger partial charge in [0.05, 0.1) is 0 Å². The van der Waals surface area contributed by atoms with Crippen molar-refractivity contribution < 1.29 is 14.3 Å². The molecule has 27 heavy (non-hydrogen) atoms. The maximum atomic E-state index is 12.1. The highest BCUT2D eigenvalue weighted by Gasteiger charge is 2.15. The summed E-state index contributed by atoms with van der Waals surface area (Å²) in [6.07, 6.45) is 6.50. The number of anilines is 1. The van der Waals surface area contributed by atoms with E-state index in [4.69, 9.17) is 4.74 Å². The third-order valence-electron chi connectivity index (χ3n) is 4.98. The monoisotopic (exact) mass is 366 g/mol. The van der Waals surface area contributed by atoms with E-state index in [0.29, 0.717) is 22.9 Å². The van der Waals surface area contributed by atoms with E-state index in [1.165, 1.54) is 37.7 Å². The maximum Gasteiger partial charge on any atom is 0.262 e. The molecule has 5 nitrogen and oxygen atoms in total. The van der Waals surface area contributed by atoms with Crippen LogP contribution in [0, 0.1) is 0 Å². The highest BCUT2D eigenvalue weighted by Crippen LogP contribution is 2.33. The number of carbonyl (C=O) groups is 2. The molecular weight excluding hydrogens is 340 g/mol. The Morgan fingerprint density at radius 3 is 2.26 bits per heavy atom. The Morgan fingerprint density at radius 2 is 1.63 bits per heavy atom. The minimum atomic E-state index is -0.237. The van der Waals surface area contributed by atoms with Crippen molar-refractivity contribution >= 4 is 17.5 Å². The van der Waals surface area contributed by atoms with E-state index in [-0.39, 0.29) is 18.4 Å². The molecule has 5 heteroatoms. The van der Waals surface area contributed by atoms with Crippen LogP contribution in [0.4, 0.5) is 5.69 Å². The van der Waals surface area contributed by atoms with Crippen molar-refractivity contribution in [3.63, 3.8) is 0 Å². The Morgan fingerprint density at radius 1 is 0.963 bits per heavy atom. The molecule has 0 radical (unpaired) electrons. The minimum absolute atomic E-state index is 0.0556. The number of hydrogen-bond donors (Lipinski definition) is 2. The molecule has 3 rings (SSSR count). The first-order valence-corrected chi connectivity index (χ1v) is 9.50. The molecule has 1 aliphatic carbocycles. The summed E-state index contributed by atoms with van der Waals surface area (Å²) in [7, 11) is 1.58. The molecule has 1 aliphatic rings. The van der Waals surface area contributed by atoms with Gasteiger partial charge in [0, 0.05) is 18.3 Å². The average Bonchev–Trinajstić information content (AvgIpc) is 2.73. The number of rotatable bonds is 6. The van der Waals surface area contributed by atoms with Crippen LogP contribution in [0.2, 0.25) is 0 Å². The van der Waals surface area contributed by atoms with E-state index in [1.54, 1.807) is 31.3 Å². The maximum absolute atomic E-state index is 12.1. The molecule has 2 aromatic rings. The molecule has 0 saturated heterocycles. The van der Waals surface area contributed by atoms with Gasteiger partial charge >= 0.3 is 0 Å². The molecular formula is C22H26N2O3. The first-order chi connectivity index (χ1) is 13.2. The normalized spacial score (nSPS) is 14.4. The molecule has 0 heterocycles. The summed E-state index contributed by atoms with van der Waals surface area (Å²) in [5.41, 5.74) is 2.54. The van der Waals surface area contributed by atoms with Crippen LogP contribution in [0.25, 0.3) is 0 Å². The SMILES string of the molecule is CNC(=O)c1ccc(NC(=O)COc2ccc(C3CCCCC3)cc2)cc1. The Hall–Kier alpha value is -2.82. The highest BCUT2D eigenvalue weighted by atomic mass is 16.5. The van der Waals surface area contributed by atoms with Crippen molar-refractivity contribution in [3.8, 4) is 5.75 Å². The van der Waals surface area contributed by atoms with Gasteiger partial charge in [0.15, 0.2) is 6.61 Å². The van der Waals surface area contributed by atoms with Crippen LogP contribution < -0.4 is 15.4 Å². The van der Waals surface area contributed by atoms with Crippen LogP contribution in [0.15, 0.2) is 48.5 Å². The van der Waals surface area contributed by atoms with Crippen molar-refractivity contribution in [2.45, 2.75) is 38.0 Å². The fourth-order valence-corrected chi connectivity index (χ4v) is 3.47. The second-order valence-corrected chi connectivity index (χ2v) is 6.90. The largest absolute Gasteiger partial charge is 0.484 e. The molecule has 1 fully saturated rings. The van der Waals surface area contributed by atoms with Gasteiger partial charge in [-0.25, -0.2) is 0 Å². The number of benzene rings is 2. The molecule has 2 aromatic carbocycles. The second kappa shape index (κ2) is 9.21. The predicted octanol–water partition coefficient (Wildman–Crippen LogP) is 4.11. The zero-order chi connectivity index (χ0) is 19.1. The molecule has 0 unspecified atom stereocenters. The first kappa shape index (κ1) is 19.0. The van der Waals surface area contributed by atoms with Gasteiger partial charge in [0.1, 0.15) is 5.75 Å². The summed E-state index contributed by atoms with van der Waals surface area (Å²) in [6, 6.07) is 14.8. The molecule has 142 valence electrons. The number of nitrogens with one attached hydrogen (secondary N) is 2. The predicted molar refractivity (Wildman–Crippen MR) is 106 cm³/mol. The summed E-state index contributed by atoms with van der Waals surface area (Å²) in [5, 5.41) is 5.32. The third-order valence-corrected chi connectivity index (χ3v) is 4.98. The zero-order valence-corrected chi connectivity index (χ0v) is 15.7. The highest BCUT2D eigenvalue weighted by molar-refractivity contribution is 5.95. The zero-order valence-electron chi connectivity index (χ0n) is 15.7. The molecule has 2 N–H and O–H groups in total.